The van der Waals surface area contributed by atoms with E-state index in [1.165, 1.54) is 5.69 Å². The van der Waals surface area contributed by atoms with Gasteiger partial charge < -0.3 is 14.9 Å². The Bertz CT molecular complexity index is 534. The fourth-order valence-electron chi connectivity index (χ4n) is 1.69. The van der Waals surface area contributed by atoms with Crippen LogP contribution in [0.1, 0.15) is 5.69 Å². The summed E-state index contributed by atoms with van der Waals surface area (Å²) in [4.78, 5) is 8.33. The molecule has 3 nitrogen and oxygen atoms in total. The van der Waals surface area contributed by atoms with Crippen molar-refractivity contribution in [1.82, 2.24) is 9.97 Å². The molecule has 1 aromatic heterocycles. The molecule has 1 aromatic carbocycles. The first-order valence-electron chi connectivity index (χ1n) is 5.14. The Hall–Kier alpha value is -1.55. The molecule has 0 unspecified atom stereocenters. The summed E-state index contributed by atoms with van der Waals surface area (Å²) in [6, 6.07) is 8.38. The summed E-state index contributed by atoms with van der Waals surface area (Å²) >= 11 is 5.07. The van der Waals surface area contributed by atoms with Crippen LogP contribution in [0.25, 0.3) is 11.3 Å². The number of H-pyrrole nitrogens is 2. The van der Waals surface area contributed by atoms with E-state index in [0.717, 1.165) is 17.0 Å². The summed E-state index contributed by atoms with van der Waals surface area (Å²) in [7, 11) is 4.06. The minimum absolute atomic E-state index is 0.671. The molecule has 0 fully saturated rings. The van der Waals surface area contributed by atoms with Crippen molar-refractivity contribution in [2.75, 3.05) is 19.0 Å². The highest BCUT2D eigenvalue weighted by Gasteiger charge is 2.04. The molecule has 0 spiro atoms. The molecule has 0 saturated heterocycles. The zero-order valence-electron chi connectivity index (χ0n) is 9.66. The number of hydrogen-bond acceptors (Lipinski definition) is 2. The van der Waals surface area contributed by atoms with Crippen molar-refractivity contribution >= 4 is 17.9 Å². The lowest BCUT2D eigenvalue weighted by Crippen LogP contribution is -2.07. The van der Waals surface area contributed by atoms with E-state index in [0.29, 0.717) is 4.77 Å². The topological polar surface area (TPSA) is 34.8 Å². The van der Waals surface area contributed by atoms with Crippen LogP contribution >= 0.6 is 12.2 Å². The van der Waals surface area contributed by atoms with Crippen LogP contribution in [0.2, 0.25) is 0 Å². The zero-order valence-corrected chi connectivity index (χ0v) is 10.5. The molecule has 0 saturated carbocycles. The lowest BCUT2D eigenvalue weighted by Gasteiger charge is -2.12. The molecule has 0 radical (unpaired) electrons. The highest BCUT2D eigenvalue weighted by atomic mass is 32.1. The lowest BCUT2D eigenvalue weighted by atomic mass is 10.1. The van der Waals surface area contributed by atoms with Gasteiger partial charge >= 0.3 is 0 Å². The van der Waals surface area contributed by atoms with E-state index in [4.69, 9.17) is 12.2 Å². The molecular formula is C12H15N3S. The lowest BCUT2D eigenvalue weighted by molar-refractivity contribution is 1.13. The predicted molar refractivity (Wildman–Crippen MR) is 70.5 cm³/mol. The third-order valence-electron chi connectivity index (χ3n) is 2.59. The van der Waals surface area contributed by atoms with Crippen molar-refractivity contribution in [3.63, 3.8) is 0 Å². The van der Waals surface area contributed by atoms with Crippen molar-refractivity contribution < 1.29 is 0 Å². The molecule has 84 valence electrons. The second-order valence-corrected chi connectivity index (χ2v) is 4.43. The molecule has 0 amide bonds. The minimum atomic E-state index is 0.671. The van der Waals surface area contributed by atoms with E-state index in [-0.39, 0.29) is 0 Å². The molecule has 2 N–H and O–H groups in total. The van der Waals surface area contributed by atoms with Crippen molar-refractivity contribution in [1.29, 1.82) is 0 Å². The van der Waals surface area contributed by atoms with Gasteiger partial charge in [-0.15, -0.1) is 0 Å². The van der Waals surface area contributed by atoms with E-state index < -0.39 is 0 Å². The number of nitrogens with zero attached hydrogens (tertiary/aromatic N) is 1. The number of rotatable bonds is 2. The summed E-state index contributed by atoms with van der Waals surface area (Å²) in [5, 5.41) is 0. The molecule has 2 aromatic rings. The van der Waals surface area contributed by atoms with Crippen LogP contribution in [0.15, 0.2) is 24.3 Å². The van der Waals surface area contributed by atoms with Crippen molar-refractivity contribution in [2.45, 2.75) is 6.92 Å². The Balaban J connectivity index is 2.42. The SMILES string of the molecule is Cc1[nH]c(=S)[nH]c1-c1ccc(N(C)C)cc1. The largest absolute Gasteiger partial charge is 0.378 e. The van der Waals surface area contributed by atoms with Gasteiger partial charge in [-0.05, 0) is 36.8 Å². The standard InChI is InChI=1S/C12H15N3S/c1-8-11(14-12(16)13-8)9-4-6-10(7-5-9)15(2)3/h4-7H,1-3H3,(H2,13,14,16). The van der Waals surface area contributed by atoms with E-state index >= 15 is 0 Å². The van der Waals surface area contributed by atoms with Crippen LogP contribution in [-0.2, 0) is 0 Å². The minimum Gasteiger partial charge on any atom is -0.378 e. The number of aromatic nitrogens is 2. The molecule has 0 bridgehead atoms. The summed E-state index contributed by atoms with van der Waals surface area (Å²) in [5.74, 6) is 0. The maximum absolute atomic E-state index is 5.07. The van der Waals surface area contributed by atoms with Crippen molar-refractivity contribution in [3.05, 3.63) is 34.7 Å². The van der Waals surface area contributed by atoms with Crippen LogP contribution in [0, 0.1) is 11.7 Å². The first-order chi connectivity index (χ1) is 7.58. The molecule has 1 heterocycles. The van der Waals surface area contributed by atoms with E-state index in [2.05, 4.69) is 39.1 Å². The first-order valence-corrected chi connectivity index (χ1v) is 5.55. The summed E-state index contributed by atoms with van der Waals surface area (Å²) < 4.78 is 0.671. The number of hydrogen-bond donors (Lipinski definition) is 2. The average Bonchev–Trinajstić information content (AvgIpc) is 2.58. The van der Waals surface area contributed by atoms with Gasteiger partial charge in [-0.2, -0.15) is 0 Å². The second-order valence-electron chi connectivity index (χ2n) is 4.02. The van der Waals surface area contributed by atoms with Gasteiger partial charge in [0.15, 0.2) is 4.77 Å². The van der Waals surface area contributed by atoms with E-state index in [1.54, 1.807) is 0 Å². The summed E-state index contributed by atoms with van der Waals surface area (Å²) in [5.41, 5.74) is 4.48. The van der Waals surface area contributed by atoms with Crippen molar-refractivity contribution in [2.24, 2.45) is 0 Å². The molecule has 2 rings (SSSR count). The fraction of sp³-hybridized carbons (Fsp3) is 0.250. The molecule has 0 aliphatic carbocycles. The molecule has 4 heteroatoms. The number of benzene rings is 1. The fourth-order valence-corrected chi connectivity index (χ4v) is 1.94. The van der Waals surface area contributed by atoms with Gasteiger partial charge in [0.25, 0.3) is 0 Å². The van der Waals surface area contributed by atoms with E-state index in [1.807, 2.05) is 21.0 Å². The summed E-state index contributed by atoms with van der Waals surface area (Å²) in [6.45, 7) is 2.02. The van der Waals surface area contributed by atoms with Gasteiger partial charge in [0.2, 0.25) is 0 Å². The molecule has 16 heavy (non-hydrogen) atoms. The normalized spacial score (nSPS) is 10.4. The van der Waals surface area contributed by atoms with Crippen molar-refractivity contribution in [3.8, 4) is 11.3 Å². The highest BCUT2D eigenvalue weighted by Crippen LogP contribution is 2.22. The number of aryl methyl sites for hydroxylation is 1. The molecule has 0 aliphatic rings. The first kappa shape index (κ1) is 11.0. The van der Waals surface area contributed by atoms with Crippen LogP contribution in [-0.4, -0.2) is 24.1 Å². The van der Waals surface area contributed by atoms with Gasteiger partial charge in [0.1, 0.15) is 0 Å². The maximum Gasteiger partial charge on any atom is 0.175 e. The number of aromatic amines is 2. The summed E-state index contributed by atoms with van der Waals surface area (Å²) in [6.07, 6.45) is 0. The van der Waals surface area contributed by atoms with Crippen LogP contribution < -0.4 is 4.90 Å². The van der Waals surface area contributed by atoms with Gasteiger partial charge in [-0.1, -0.05) is 12.1 Å². The second kappa shape index (κ2) is 4.14. The zero-order chi connectivity index (χ0) is 11.7. The van der Waals surface area contributed by atoms with Crippen LogP contribution in [0.4, 0.5) is 5.69 Å². The molecule has 0 atom stereocenters. The smallest absolute Gasteiger partial charge is 0.175 e. The molecule has 0 aliphatic heterocycles. The number of nitrogens with one attached hydrogen (secondary N) is 2. The average molecular weight is 233 g/mol. The maximum atomic E-state index is 5.07. The predicted octanol–water partition coefficient (Wildman–Crippen LogP) is 3.11. The third-order valence-corrected chi connectivity index (χ3v) is 2.79. The van der Waals surface area contributed by atoms with Gasteiger partial charge in [-0.25, -0.2) is 0 Å². The van der Waals surface area contributed by atoms with Gasteiger partial charge in [0, 0.05) is 25.5 Å². The Kier molecular flexibility index (Phi) is 2.83. The highest BCUT2D eigenvalue weighted by molar-refractivity contribution is 7.71. The Labute approximate surface area is 100 Å². The monoisotopic (exact) mass is 233 g/mol. The van der Waals surface area contributed by atoms with Gasteiger partial charge in [0.05, 0.1) is 5.69 Å². The van der Waals surface area contributed by atoms with Crippen LogP contribution in [0.3, 0.4) is 0 Å². The number of imidazole rings is 1. The Morgan fingerprint density at radius 3 is 2.12 bits per heavy atom. The Morgan fingerprint density at radius 1 is 1.06 bits per heavy atom. The van der Waals surface area contributed by atoms with Crippen LogP contribution in [0.5, 0.6) is 0 Å². The quantitative estimate of drug-likeness (QED) is 0.782. The third kappa shape index (κ3) is 2.02. The molecular weight excluding hydrogens is 218 g/mol. The van der Waals surface area contributed by atoms with E-state index in [9.17, 15) is 0 Å². The number of anilines is 1. The Morgan fingerprint density at radius 2 is 1.69 bits per heavy atom. The van der Waals surface area contributed by atoms with Gasteiger partial charge in [-0.3, -0.25) is 0 Å².